The molecule has 2 N–H and O–H groups in total. The van der Waals surface area contributed by atoms with Crippen molar-refractivity contribution in [3.05, 3.63) is 33.8 Å². The van der Waals surface area contributed by atoms with E-state index < -0.39 is 10.0 Å². The minimum absolute atomic E-state index is 0.159. The second kappa shape index (κ2) is 10.5. The van der Waals surface area contributed by atoms with Gasteiger partial charge in [0.2, 0.25) is 10.0 Å². The summed E-state index contributed by atoms with van der Waals surface area (Å²) in [5.41, 5.74) is 1.08. The van der Waals surface area contributed by atoms with Gasteiger partial charge in [-0.1, -0.05) is 29.3 Å². The van der Waals surface area contributed by atoms with Gasteiger partial charge in [-0.15, -0.1) is 0 Å². The van der Waals surface area contributed by atoms with E-state index in [0.717, 1.165) is 43.8 Å². The average molecular weight is 435 g/mol. The largest absolute Gasteiger partial charge is 0.356 e. The van der Waals surface area contributed by atoms with Gasteiger partial charge in [-0.25, -0.2) is 12.7 Å². The number of hydrogen-bond donors (Lipinski definition) is 2. The minimum Gasteiger partial charge on any atom is -0.356 e. The van der Waals surface area contributed by atoms with E-state index in [-0.39, 0.29) is 11.8 Å². The topological polar surface area (TPSA) is 73.8 Å². The standard InChI is InChI=1S/C18H28Cl2N4O2S/c1-3-27(25,26)24-11-8-16(9-12-24)23-18(21-2)22-10-4-5-14-6-7-15(19)13-17(14)20/h6-7,13,16H,3-5,8-12H2,1-2H3,(H2,21,22,23). The number of hydrogen-bond acceptors (Lipinski definition) is 3. The normalized spacial score (nSPS) is 17.1. The van der Waals surface area contributed by atoms with Crippen molar-refractivity contribution < 1.29 is 8.42 Å². The molecule has 0 amide bonds. The second-order valence-electron chi connectivity index (χ2n) is 6.56. The Balaban J connectivity index is 1.72. The molecule has 27 heavy (non-hydrogen) atoms. The molecule has 0 aromatic heterocycles. The van der Waals surface area contributed by atoms with Crippen molar-refractivity contribution in [3.63, 3.8) is 0 Å². The number of nitrogens with zero attached hydrogens (tertiary/aromatic N) is 2. The fourth-order valence-corrected chi connectivity index (χ4v) is 4.69. The fraction of sp³-hybridized carbons (Fsp3) is 0.611. The van der Waals surface area contributed by atoms with Crippen LogP contribution in [0.2, 0.25) is 10.0 Å². The van der Waals surface area contributed by atoms with Crippen LogP contribution < -0.4 is 10.6 Å². The van der Waals surface area contributed by atoms with Crippen LogP contribution in [0.15, 0.2) is 23.2 Å². The first kappa shape index (κ1) is 22.3. The summed E-state index contributed by atoms with van der Waals surface area (Å²) in [6.45, 7) is 3.56. The number of aryl methyl sites for hydroxylation is 1. The monoisotopic (exact) mass is 434 g/mol. The summed E-state index contributed by atoms with van der Waals surface area (Å²) >= 11 is 12.1. The molecule has 1 heterocycles. The van der Waals surface area contributed by atoms with E-state index in [2.05, 4.69) is 15.6 Å². The molecule has 9 heteroatoms. The zero-order valence-corrected chi connectivity index (χ0v) is 18.2. The van der Waals surface area contributed by atoms with Crippen LogP contribution in [0.3, 0.4) is 0 Å². The Bertz CT molecular complexity index is 748. The van der Waals surface area contributed by atoms with Crippen molar-refractivity contribution in [1.29, 1.82) is 0 Å². The van der Waals surface area contributed by atoms with E-state index in [4.69, 9.17) is 23.2 Å². The zero-order chi connectivity index (χ0) is 19.9. The van der Waals surface area contributed by atoms with Crippen molar-refractivity contribution in [2.24, 2.45) is 4.99 Å². The molecule has 1 aromatic carbocycles. The average Bonchev–Trinajstić information content (AvgIpc) is 2.66. The first-order valence-corrected chi connectivity index (χ1v) is 11.6. The van der Waals surface area contributed by atoms with E-state index >= 15 is 0 Å². The van der Waals surface area contributed by atoms with Crippen molar-refractivity contribution in [2.45, 2.75) is 38.6 Å². The van der Waals surface area contributed by atoms with Crippen molar-refractivity contribution in [1.82, 2.24) is 14.9 Å². The molecule has 1 aliphatic rings. The predicted molar refractivity (Wildman–Crippen MR) is 113 cm³/mol. The Kier molecular flexibility index (Phi) is 8.66. The van der Waals surface area contributed by atoms with Crippen molar-refractivity contribution in [2.75, 3.05) is 32.4 Å². The van der Waals surface area contributed by atoms with Crippen LogP contribution in [0.4, 0.5) is 0 Å². The first-order valence-electron chi connectivity index (χ1n) is 9.24. The van der Waals surface area contributed by atoms with E-state index in [1.807, 2.05) is 12.1 Å². The lowest BCUT2D eigenvalue weighted by Crippen LogP contribution is -2.50. The van der Waals surface area contributed by atoms with Crippen LogP contribution in [0.5, 0.6) is 0 Å². The summed E-state index contributed by atoms with van der Waals surface area (Å²) in [5, 5.41) is 8.03. The molecular weight excluding hydrogens is 407 g/mol. The molecule has 2 rings (SSSR count). The molecule has 0 spiro atoms. The second-order valence-corrected chi connectivity index (χ2v) is 9.66. The maximum absolute atomic E-state index is 11.9. The molecule has 6 nitrogen and oxygen atoms in total. The summed E-state index contributed by atoms with van der Waals surface area (Å²) in [5.74, 6) is 0.903. The molecular formula is C18H28Cl2N4O2S. The maximum atomic E-state index is 11.9. The highest BCUT2D eigenvalue weighted by molar-refractivity contribution is 7.89. The van der Waals surface area contributed by atoms with Gasteiger partial charge in [0, 0.05) is 42.8 Å². The lowest BCUT2D eigenvalue weighted by Gasteiger charge is -2.32. The van der Waals surface area contributed by atoms with Gasteiger partial charge in [-0.05, 0) is 50.3 Å². The van der Waals surface area contributed by atoms with E-state index in [1.165, 1.54) is 0 Å². The summed E-state index contributed by atoms with van der Waals surface area (Å²) in [4.78, 5) is 4.26. The molecule has 0 aliphatic carbocycles. The van der Waals surface area contributed by atoms with Gasteiger partial charge in [0.05, 0.1) is 5.75 Å². The number of halogens is 2. The van der Waals surface area contributed by atoms with Gasteiger partial charge < -0.3 is 10.6 Å². The Morgan fingerprint density at radius 2 is 2.00 bits per heavy atom. The SMILES string of the molecule is CCS(=O)(=O)N1CCC(NC(=NC)NCCCc2ccc(Cl)cc2Cl)CC1. The minimum atomic E-state index is -3.09. The third-order valence-electron chi connectivity index (χ3n) is 4.71. The smallest absolute Gasteiger partial charge is 0.213 e. The van der Waals surface area contributed by atoms with Crippen LogP contribution in [0.25, 0.3) is 0 Å². The lowest BCUT2D eigenvalue weighted by molar-refractivity contribution is 0.306. The fourth-order valence-electron chi connectivity index (χ4n) is 3.06. The maximum Gasteiger partial charge on any atom is 0.213 e. The number of aliphatic imine (C=N–C) groups is 1. The zero-order valence-electron chi connectivity index (χ0n) is 15.8. The Morgan fingerprint density at radius 1 is 1.30 bits per heavy atom. The van der Waals surface area contributed by atoms with Crippen LogP contribution >= 0.6 is 23.2 Å². The van der Waals surface area contributed by atoms with Gasteiger partial charge in [0.25, 0.3) is 0 Å². The number of rotatable bonds is 7. The van der Waals surface area contributed by atoms with Gasteiger partial charge in [-0.2, -0.15) is 0 Å². The molecule has 1 aromatic rings. The number of guanidine groups is 1. The van der Waals surface area contributed by atoms with E-state index in [9.17, 15) is 8.42 Å². The third-order valence-corrected chi connectivity index (χ3v) is 7.18. The Labute approximate surface area is 172 Å². The number of benzene rings is 1. The highest BCUT2D eigenvalue weighted by atomic mass is 35.5. The van der Waals surface area contributed by atoms with E-state index in [0.29, 0.717) is 23.1 Å². The number of sulfonamides is 1. The molecule has 1 fully saturated rings. The highest BCUT2D eigenvalue weighted by Gasteiger charge is 2.26. The van der Waals surface area contributed by atoms with Crippen LogP contribution in [-0.2, 0) is 16.4 Å². The van der Waals surface area contributed by atoms with Crippen LogP contribution in [0, 0.1) is 0 Å². The van der Waals surface area contributed by atoms with Gasteiger partial charge in [0.1, 0.15) is 0 Å². The summed E-state index contributed by atoms with van der Waals surface area (Å²) in [6.07, 6.45) is 3.32. The molecule has 0 atom stereocenters. The summed E-state index contributed by atoms with van der Waals surface area (Å²) in [6, 6.07) is 5.79. The summed E-state index contributed by atoms with van der Waals surface area (Å²) < 4.78 is 25.4. The third kappa shape index (κ3) is 6.82. The summed E-state index contributed by atoms with van der Waals surface area (Å²) in [7, 11) is -1.35. The van der Waals surface area contributed by atoms with Crippen molar-refractivity contribution >= 4 is 39.2 Å². The number of nitrogens with one attached hydrogen (secondary N) is 2. The molecule has 1 aliphatic heterocycles. The van der Waals surface area contributed by atoms with Gasteiger partial charge in [-0.3, -0.25) is 4.99 Å². The predicted octanol–water partition coefficient (Wildman–Crippen LogP) is 2.91. The molecule has 0 unspecified atom stereocenters. The van der Waals surface area contributed by atoms with Gasteiger partial charge in [0.15, 0.2) is 5.96 Å². The quantitative estimate of drug-likeness (QED) is 0.393. The lowest BCUT2D eigenvalue weighted by atomic mass is 10.1. The van der Waals surface area contributed by atoms with Crippen LogP contribution in [0.1, 0.15) is 31.7 Å². The van der Waals surface area contributed by atoms with Gasteiger partial charge >= 0.3 is 0 Å². The Morgan fingerprint density at radius 3 is 2.59 bits per heavy atom. The van der Waals surface area contributed by atoms with Crippen LogP contribution in [-0.4, -0.2) is 57.2 Å². The van der Waals surface area contributed by atoms with E-state index in [1.54, 1.807) is 24.3 Å². The molecule has 1 saturated heterocycles. The number of piperidine rings is 1. The molecule has 0 bridgehead atoms. The molecule has 0 radical (unpaired) electrons. The Hall–Kier alpha value is -1.02. The van der Waals surface area contributed by atoms with Crippen molar-refractivity contribution in [3.8, 4) is 0 Å². The molecule has 0 saturated carbocycles. The highest BCUT2D eigenvalue weighted by Crippen LogP contribution is 2.21. The first-order chi connectivity index (χ1) is 12.9. The molecule has 152 valence electrons.